The Morgan fingerprint density at radius 1 is 1.35 bits per heavy atom. The Kier molecular flexibility index (Phi) is 5.00. The van der Waals surface area contributed by atoms with Gasteiger partial charge in [0.2, 0.25) is 5.91 Å². The maximum absolute atomic E-state index is 12.2. The molecule has 3 N–H and O–H groups in total. The molecule has 5 nitrogen and oxygen atoms in total. The van der Waals surface area contributed by atoms with E-state index in [0.717, 1.165) is 0 Å². The summed E-state index contributed by atoms with van der Waals surface area (Å²) in [6.07, 6.45) is 0. The van der Waals surface area contributed by atoms with Gasteiger partial charge in [-0.05, 0) is 39.0 Å². The third-order valence-electron chi connectivity index (χ3n) is 2.46. The maximum Gasteiger partial charge on any atom is 0.255 e. The van der Waals surface area contributed by atoms with Gasteiger partial charge >= 0.3 is 0 Å². The number of halogens is 1. The minimum Gasteiger partial charge on any atom is -0.399 e. The number of hydrogen-bond acceptors (Lipinski definition) is 3. The Hall–Kier alpha value is -1.75. The first-order chi connectivity index (χ1) is 9.10. The number of nitrogens with zero attached hydrogens (tertiary/aromatic N) is 1. The van der Waals surface area contributed by atoms with Gasteiger partial charge in [0, 0.05) is 18.3 Å². The van der Waals surface area contributed by atoms with Crippen molar-refractivity contribution in [3.8, 4) is 0 Å². The van der Waals surface area contributed by atoms with Gasteiger partial charge in [0.05, 0.1) is 17.1 Å². The second-order valence-electron chi connectivity index (χ2n) is 5.70. The van der Waals surface area contributed by atoms with E-state index >= 15 is 0 Å². The molecule has 0 bridgehead atoms. The van der Waals surface area contributed by atoms with E-state index in [-0.39, 0.29) is 29.5 Å². The Labute approximate surface area is 124 Å². The van der Waals surface area contributed by atoms with Crippen molar-refractivity contribution in [2.75, 3.05) is 19.3 Å². The zero-order chi connectivity index (χ0) is 15.5. The number of amides is 2. The molecule has 1 aromatic rings. The summed E-state index contributed by atoms with van der Waals surface area (Å²) in [5.41, 5.74) is 6.04. The number of benzene rings is 1. The van der Waals surface area contributed by atoms with E-state index in [2.05, 4.69) is 5.32 Å². The van der Waals surface area contributed by atoms with Crippen molar-refractivity contribution in [1.82, 2.24) is 10.2 Å². The number of carbonyl (C=O) groups is 2. The van der Waals surface area contributed by atoms with Crippen LogP contribution >= 0.6 is 11.6 Å². The molecule has 0 aromatic heterocycles. The minimum atomic E-state index is -0.341. The summed E-state index contributed by atoms with van der Waals surface area (Å²) in [6, 6.07) is 4.68. The highest BCUT2D eigenvalue weighted by atomic mass is 35.5. The zero-order valence-electron chi connectivity index (χ0n) is 12.2. The van der Waals surface area contributed by atoms with Crippen molar-refractivity contribution >= 4 is 29.1 Å². The summed E-state index contributed by atoms with van der Waals surface area (Å²) < 4.78 is 0. The van der Waals surface area contributed by atoms with Crippen LogP contribution < -0.4 is 11.1 Å². The van der Waals surface area contributed by atoms with Crippen molar-refractivity contribution in [3.63, 3.8) is 0 Å². The molecule has 0 saturated carbocycles. The van der Waals surface area contributed by atoms with E-state index < -0.39 is 0 Å². The van der Waals surface area contributed by atoms with E-state index in [1.165, 1.54) is 11.0 Å². The summed E-state index contributed by atoms with van der Waals surface area (Å²) in [5.74, 6) is -0.570. The first kappa shape index (κ1) is 16.3. The van der Waals surface area contributed by atoms with Crippen LogP contribution in [-0.2, 0) is 4.79 Å². The normalized spacial score (nSPS) is 11.1. The molecule has 0 aliphatic heterocycles. The van der Waals surface area contributed by atoms with Gasteiger partial charge in [-0.2, -0.15) is 0 Å². The van der Waals surface area contributed by atoms with Crippen LogP contribution in [0.3, 0.4) is 0 Å². The Morgan fingerprint density at radius 2 is 1.95 bits per heavy atom. The highest BCUT2D eigenvalue weighted by Crippen LogP contribution is 2.20. The molecule has 1 rings (SSSR count). The van der Waals surface area contributed by atoms with E-state index in [0.29, 0.717) is 10.7 Å². The summed E-state index contributed by atoms with van der Waals surface area (Å²) in [6.45, 7) is 5.59. The molecule has 6 heteroatoms. The number of anilines is 1. The number of nitrogens with two attached hydrogens (primary N) is 1. The van der Waals surface area contributed by atoms with Crippen LogP contribution in [0.4, 0.5) is 5.69 Å². The van der Waals surface area contributed by atoms with E-state index in [1.807, 2.05) is 20.8 Å². The van der Waals surface area contributed by atoms with Gasteiger partial charge in [-0.3, -0.25) is 9.59 Å². The average molecular weight is 298 g/mol. The van der Waals surface area contributed by atoms with Gasteiger partial charge in [0.15, 0.2) is 0 Å². The van der Waals surface area contributed by atoms with Crippen LogP contribution in [0.1, 0.15) is 31.1 Å². The van der Waals surface area contributed by atoms with Crippen LogP contribution in [-0.4, -0.2) is 35.8 Å². The molecule has 0 heterocycles. The SMILES string of the molecule is CN(CC(=O)NC(C)(C)C)C(=O)c1cc(N)ccc1Cl. The zero-order valence-corrected chi connectivity index (χ0v) is 12.9. The predicted molar refractivity (Wildman–Crippen MR) is 80.7 cm³/mol. The third-order valence-corrected chi connectivity index (χ3v) is 2.79. The molecule has 0 fully saturated rings. The average Bonchev–Trinajstić information content (AvgIpc) is 2.28. The standard InChI is InChI=1S/C14H20ClN3O2/c1-14(2,3)17-12(19)8-18(4)13(20)10-7-9(16)5-6-11(10)15/h5-7H,8,16H2,1-4H3,(H,17,19). The molecule has 2 amide bonds. The molecule has 0 atom stereocenters. The lowest BCUT2D eigenvalue weighted by Crippen LogP contribution is -2.46. The topological polar surface area (TPSA) is 75.4 Å². The molecule has 0 saturated heterocycles. The van der Waals surface area contributed by atoms with E-state index in [4.69, 9.17) is 17.3 Å². The van der Waals surface area contributed by atoms with E-state index in [1.54, 1.807) is 19.2 Å². The molecular formula is C14H20ClN3O2. The van der Waals surface area contributed by atoms with Crippen LogP contribution in [0.2, 0.25) is 5.02 Å². The van der Waals surface area contributed by atoms with Gasteiger partial charge in [-0.25, -0.2) is 0 Å². The van der Waals surface area contributed by atoms with Gasteiger partial charge < -0.3 is 16.0 Å². The smallest absolute Gasteiger partial charge is 0.255 e. The number of nitrogens with one attached hydrogen (secondary N) is 1. The minimum absolute atomic E-state index is 0.0404. The molecule has 110 valence electrons. The van der Waals surface area contributed by atoms with Gasteiger partial charge in [-0.1, -0.05) is 11.6 Å². The largest absolute Gasteiger partial charge is 0.399 e. The van der Waals surface area contributed by atoms with Crippen molar-refractivity contribution in [2.45, 2.75) is 26.3 Å². The van der Waals surface area contributed by atoms with Crippen molar-refractivity contribution in [3.05, 3.63) is 28.8 Å². The molecule has 0 spiro atoms. The molecule has 0 aliphatic carbocycles. The summed E-state index contributed by atoms with van der Waals surface area (Å²) >= 11 is 5.97. The lowest BCUT2D eigenvalue weighted by Gasteiger charge is -2.23. The van der Waals surface area contributed by atoms with Crippen molar-refractivity contribution < 1.29 is 9.59 Å². The fourth-order valence-corrected chi connectivity index (χ4v) is 1.86. The summed E-state index contributed by atoms with van der Waals surface area (Å²) in [4.78, 5) is 25.3. The number of likely N-dealkylation sites (N-methyl/N-ethyl adjacent to an activating group) is 1. The third kappa shape index (κ3) is 4.74. The highest BCUT2D eigenvalue weighted by Gasteiger charge is 2.20. The lowest BCUT2D eigenvalue weighted by atomic mass is 10.1. The molecule has 0 unspecified atom stereocenters. The van der Waals surface area contributed by atoms with Crippen molar-refractivity contribution in [2.24, 2.45) is 0 Å². The predicted octanol–water partition coefficient (Wildman–Crippen LogP) is 1.91. The quantitative estimate of drug-likeness (QED) is 0.837. The van der Waals surface area contributed by atoms with Gasteiger partial charge in [0.1, 0.15) is 0 Å². The first-order valence-corrected chi connectivity index (χ1v) is 6.59. The second-order valence-corrected chi connectivity index (χ2v) is 6.11. The Balaban J connectivity index is 2.77. The molecule has 0 radical (unpaired) electrons. The molecule has 1 aromatic carbocycles. The maximum atomic E-state index is 12.2. The number of carbonyl (C=O) groups excluding carboxylic acids is 2. The van der Waals surface area contributed by atoms with Crippen LogP contribution in [0.25, 0.3) is 0 Å². The van der Waals surface area contributed by atoms with Gasteiger partial charge in [0.25, 0.3) is 5.91 Å². The Morgan fingerprint density at radius 3 is 2.50 bits per heavy atom. The monoisotopic (exact) mass is 297 g/mol. The fourth-order valence-electron chi connectivity index (χ4n) is 1.66. The van der Waals surface area contributed by atoms with Crippen LogP contribution in [0, 0.1) is 0 Å². The second kappa shape index (κ2) is 6.13. The first-order valence-electron chi connectivity index (χ1n) is 6.21. The summed E-state index contributed by atoms with van der Waals surface area (Å²) in [7, 11) is 1.55. The van der Waals surface area contributed by atoms with E-state index in [9.17, 15) is 9.59 Å². The molecule has 0 aliphatic rings. The molecule has 20 heavy (non-hydrogen) atoms. The number of hydrogen-bond donors (Lipinski definition) is 2. The van der Waals surface area contributed by atoms with Crippen LogP contribution in [0.15, 0.2) is 18.2 Å². The number of nitrogen functional groups attached to an aromatic ring is 1. The highest BCUT2D eigenvalue weighted by molar-refractivity contribution is 6.34. The number of rotatable bonds is 3. The summed E-state index contributed by atoms with van der Waals surface area (Å²) in [5, 5.41) is 3.10. The molecular weight excluding hydrogens is 278 g/mol. The van der Waals surface area contributed by atoms with Crippen molar-refractivity contribution in [1.29, 1.82) is 0 Å². The lowest BCUT2D eigenvalue weighted by molar-refractivity contribution is -0.122. The fraction of sp³-hybridized carbons (Fsp3) is 0.429. The van der Waals surface area contributed by atoms with Gasteiger partial charge in [-0.15, -0.1) is 0 Å². The Bertz CT molecular complexity index is 524. The van der Waals surface area contributed by atoms with Crippen LogP contribution in [0.5, 0.6) is 0 Å².